The van der Waals surface area contributed by atoms with Crippen LogP contribution >= 0.6 is 11.8 Å². The molecule has 6 heteroatoms. The van der Waals surface area contributed by atoms with Gasteiger partial charge in [-0.15, -0.1) is 11.8 Å². The van der Waals surface area contributed by atoms with Crippen molar-refractivity contribution in [1.82, 2.24) is 4.90 Å². The Morgan fingerprint density at radius 3 is 2.67 bits per heavy atom. The molecule has 0 bridgehead atoms. The zero-order valence-electron chi connectivity index (χ0n) is 14.0. The van der Waals surface area contributed by atoms with E-state index in [1.54, 1.807) is 19.2 Å². The molecule has 2 aromatic carbocycles. The van der Waals surface area contributed by atoms with Crippen molar-refractivity contribution in [3.05, 3.63) is 59.2 Å². The van der Waals surface area contributed by atoms with Gasteiger partial charge in [0.2, 0.25) is 0 Å². The minimum absolute atomic E-state index is 0. The summed E-state index contributed by atoms with van der Waals surface area (Å²) in [7, 11) is 1.68. The van der Waals surface area contributed by atoms with Gasteiger partial charge in [0.05, 0.1) is 13.1 Å². The number of carboxylic acids is 1. The molecule has 120 valence electrons. The molecule has 0 fully saturated rings. The first kappa shape index (κ1) is 20.0. The number of methoxy groups -OCH3 is 1. The number of thioether (sulfide) groups is 1. The summed E-state index contributed by atoms with van der Waals surface area (Å²) in [6, 6.07) is 13.1. The van der Waals surface area contributed by atoms with E-state index < -0.39 is 5.97 Å². The van der Waals surface area contributed by atoms with Crippen LogP contribution in [0.25, 0.3) is 0 Å². The van der Waals surface area contributed by atoms with Gasteiger partial charge in [0, 0.05) is 30.3 Å². The fourth-order valence-corrected chi connectivity index (χ4v) is 3.73. The van der Waals surface area contributed by atoms with Gasteiger partial charge in [-0.05, 0) is 34.9 Å². The molecule has 1 aliphatic heterocycles. The topological polar surface area (TPSA) is 52.6 Å². The first-order chi connectivity index (χ1) is 11.2. The second-order valence-corrected chi connectivity index (χ2v) is 6.65. The van der Waals surface area contributed by atoms with Gasteiger partial charge in [0.15, 0.2) is 0 Å². The van der Waals surface area contributed by atoms with E-state index in [0.717, 1.165) is 36.7 Å². The molecule has 24 heavy (non-hydrogen) atoms. The molecule has 0 radical (unpaired) electrons. The van der Waals surface area contributed by atoms with Crippen LogP contribution < -0.4 is 61.2 Å². The van der Waals surface area contributed by atoms with Crippen LogP contribution in [0.4, 0.5) is 0 Å². The SMILES string of the molecule is COc1ccc2c(c1)CN(Cc1ccc(C(=O)[O-])cc1)CCS2.[K+]. The minimum Gasteiger partial charge on any atom is -0.545 e. The molecule has 0 aliphatic carbocycles. The molecular formula is C18H18KNO3S. The molecule has 0 saturated heterocycles. The van der Waals surface area contributed by atoms with Gasteiger partial charge in [0.25, 0.3) is 0 Å². The molecule has 0 spiro atoms. The molecule has 0 N–H and O–H groups in total. The number of rotatable bonds is 4. The fraction of sp³-hybridized carbons (Fsp3) is 0.278. The summed E-state index contributed by atoms with van der Waals surface area (Å²) in [4.78, 5) is 14.5. The Bertz CT molecular complexity index is 706. The molecule has 1 heterocycles. The van der Waals surface area contributed by atoms with E-state index in [9.17, 15) is 9.90 Å². The maximum atomic E-state index is 10.8. The van der Waals surface area contributed by atoms with E-state index in [1.807, 2.05) is 30.0 Å². The van der Waals surface area contributed by atoms with Gasteiger partial charge in [-0.25, -0.2) is 0 Å². The molecule has 0 aromatic heterocycles. The number of carbonyl (C=O) groups is 1. The molecule has 1 aliphatic rings. The van der Waals surface area contributed by atoms with Crippen molar-refractivity contribution in [1.29, 1.82) is 0 Å². The molecule has 0 atom stereocenters. The quantitative estimate of drug-likeness (QED) is 0.661. The predicted octanol–water partition coefficient (Wildman–Crippen LogP) is -0.829. The van der Waals surface area contributed by atoms with Crippen LogP contribution in [0.3, 0.4) is 0 Å². The number of hydrogen-bond acceptors (Lipinski definition) is 5. The van der Waals surface area contributed by atoms with Crippen LogP contribution in [-0.4, -0.2) is 30.3 Å². The van der Waals surface area contributed by atoms with Gasteiger partial charge in [-0.2, -0.15) is 0 Å². The fourth-order valence-electron chi connectivity index (χ4n) is 2.69. The summed E-state index contributed by atoms with van der Waals surface area (Å²) in [5.41, 5.74) is 2.60. The number of hydrogen-bond donors (Lipinski definition) is 0. The summed E-state index contributed by atoms with van der Waals surface area (Å²) < 4.78 is 5.32. The number of carbonyl (C=O) groups excluding carboxylic acids is 1. The average Bonchev–Trinajstić information content (AvgIpc) is 2.76. The standard InChI is InChI=1S/C18H19NO3S.K/c1-22-16-6-7-17-15(10-16)12-19(8-9-23-17)11-13-2-4-14(5-3-13)18(20)21;/h2-7,10H,8-9,11-12H2,1H3,(H,20,21);/q;+1/p-1. The van der Waals surface area contributed by atoms with E-state index >= 15 is 0 Å². The summed E-state index contributed by atoms with van der Waals surface area (Å²) in [6.45, 7) is 2.65. The van der Waals surface area contributed by atoms with Crippen molar-refractivity contribution in [2.75, 3.05) is 19.4 Å². The van der Waals surface area contributed by atoms with E-state index in [-0.39, 0.29) is 56.9 Å². The van der Waals surface area contributed by atoms with Crippen LogP contribution in [-0.2, 0) is 13.1 Å². The van der Waals surface area contributed by atoms with Crippen molar-refractivity contribution >= 4 is 17.7 Å². The Kier molecular flexibility index (Phi) is 7.81. The van der Waals surface area contributed by atoms with Gasteiger partial charge < -0.3 is 14.6 Å². The number of nitrogens with zero attached hydrogens (tertiary/aromatic N) is 1. The predicted molar refractivity (Wildman–Crippen MR) is 88.6 cm³/mol. The molecule has 3 rings (SSSR count). The smallest absolute Gasteiger partial charge is 0.545 e. The zero-order chi connectivity index (χ0) is 16.2. The summed E-state index contributed by atoms with van der Waals surface area (Å²) in [6.07, 6.45) is 0. The monoisotopic (exact) mass is 367 g/mol. The number of ether oxygens (including phenoxy) is 1. The number of aromatic carboxylic acids is 1. The first-order valence-corrected chi connectivity index (χ1v) is 8.46. The van der Waals surface area contributed by atoms with Crippen molar-refractivity contribution in [2.45, 2.75) is 18.0 Å². The number of benzene rings is 2. The van der Waals surface area contributed by atoms with Crippen molar-refractivity contribution < 1.29 is 66.0 Å². The summed E-state index contributed by atoms with van der Waals surface area (Å²) in [5, 5.41) is 10.8. The van der Waals surface area contributed by atoms with Crippen LogP contribution in [0, 0.1) is 0 Å². The Labute approximate surface area is 189 Å². The molecule has 4 nitrogen and oxygen atoms in total. The third-order valence-electron chi connectivity index (χ3n) is 3.92. The molecule has 2 aromatic rings. The van der Waals surface area contributed by atoms with Gasteiger partial charge in [-0.3, -0.25) is 4.90 Å². The van der Waals surface area contributed by atoms with Gasteiger partial charge in [-0.1, -0.05) is 24.3 Å². The maximum Gasteiger partial charge on any atom is 1.00 e. The Morgan fingerprint density at radius 1 is 1.25 bits per heavy atom. The van der Waals surface area contributed by atoms with E-state index in [1.165, 1.54) is 10.5 Å². The van der Waals surface area contributed by atoms with Gasteiger partial charge >= 0.3 is 51.4 Å². The number of fused-ring (bicyclic) bond motifs is 1. The van der Waals surface area contributed by atoms with Crippen molar-refractivity contribution in [2.24, 2.45) is 0 Å². The average molecular weight is 368 g/mol. The molecule has 0 amide bonds. The molecule has 0 unspecified atom stereocenters. The first-order valence-electron chi connectivity index (χ1n) is 7.48. The number of carboxylic acid groups (broad SMARTS) is 1. The van der Waals surface area contributed by atoms with E-state index in [2.05, 4.69) is 17.0 Å². The second kappa shape index (κ2) is 9.38. The normalized spacial score (nSPS) is 14.2. The zero-order valence-corrected chi connectivity index (χ0v) is 17.9. The maximum absolute atomic E-state index is 10.8. The Morgan fingerprint density at radius 2 is 2.00 bits per heavy atom. The van der Waals surface area contributed by atoms with E-state index in [4.69, 9.17) is 4.74 Å². The Balaban J connectivity index is 0.00000208. The van der Waals surface area contributed by atoms with Crippen LogP contribution in [0.15, 0.2) is 47.4 Å². The summed E-state index contributed by atoms with van der Waals surface area (Å²) >= 11 is 1.87. The summed E-state index contributed by atoms with van der Waals surface area (Å²) in [5.74, 6) is 0.782. The second-order valence-electron chi connectivity index (χ2n) is 5.52. The van der Waals surface area contributed by atoms with Crippen molar-refractivity contribution in [3.8, 4) is 5.75 Å². The third kappa shape index (κ3) is 5.08. The minimum atomic E-state index is -1.14. The van der Waals surface area contributed by atoms with Crippen LogP contribution in [0.5, 0.6) is 5.75 Å². The molecular weight excluding hydrogens is 349 g/mol. The van der Waals surface area contributed by atoms with E-state index in [0.29, 0.717) is 0 Å². The molecule has 0 saturated carbocycles. The largest absolute Gasteiger partial charge is 1.00 e. The van der Waals surface area contributed by atoms with Gasteiger partial charge in [0.1, 0.15) is 5.75 Å². The van der Waals surface area contributed by atoms with Crippen LogP contribution in [0.2, 0.25) is 0 Å². The Hall–Kier alpha value is -0.344. The third-order valence-corrected chi connectivity index (χ3v) is 5.02. The van der Waals surface area contributed by atoms with Crippen molar-refractivity contribution in [3.63, 3.8) is 0 Å². The van der Waals surface area contributed by atoms with Crippen LogP contribution in [0.1, 0.15) is 21.5 Å².